The van der Waals surface area contributed by atoms with Crippen LogP contribution < -0.4 is 0 Å². The predicted octanol–water partition coefficient (Wildman–Crippen LogP) is 3.56. The van der Waals surface area contributed by atoms with Crippen LogP contribution >= 0.6 is 35.3 Å². The lowest BCUT2D eigenvalue weighted by molar-refractivity contribution is -0.121. The summed E-state index contributed by atoms with van der Waals surface area (Å²) in [5.41, 5.74) is -1.26. The molecule has 0 aromatic heterocycles. The number of thioether (sulfide) groups is 3. The molecule has 0 radical (unpaired) electrons. The second-order valence-corrected chi connectivity index (χ2v) is 7.04. The van der Waals surface area contributed by atoms with Gasteiger partial charge >= 0.3 is 6.18 Å². The Kier molecular flexibility index (Phi) is 5.60. The molecule has 0 spiro atoms. The number of carbonyl (C=O) groups excluding carboxylic acids is 1. The van der Waals surface area contributed by atoms with Crippen molar-refractivity contribution in [1.82, 2.24) is 0 Å². The van der Waals surface area contributed by atoms with Crippen LogP contribution in [0, 0.1) is 0 Å². The van der Waals surface area contributed by atoms with Gasteiger partial charge in [-0.25, -0.2) is 0 Å². The summed E-state index contributed by atoms with van der Waals surface area (Å²) in [5, 5.41) is -0.951. The number of halogens is 3. The van der Waals surface area contributed by atoms with Crippen molar-refractivity contribution in [2.45, 2.75) is 17.2 Å². The van der Waals surface area contributed by atoms with Crippen molar-refractivity contribution in [1.29, 1.82) is 0 Å². The van der Waals surface area contributed by atoms with Gasteiger partial charge < -0.3 is 0 Å². The van der Waals surface area contributed by atoms with Gasteiger partial charge in [0.1, 0.15) is 5.57 Å². The van der Waals surface area contributed by atoms with Crippen LogP contribution in [0.1, 0.15) is 6.42 Å². The third-order valence-electron chi connectivity index (χ3n) is 1.82. The summed E-state index contributed by atoms with van der Waals surface area (Å²) in [5.74, 6) is 2.63. The van der Waals surface area contributed by atoms with Crippen LogP contribution in [0.4, 0.5) is 13.2 Å². The minimum atomic E-state index is -4.60. The van der Waals surface area contributed by atoms with Gasteiger partial charge in [0.15, 0.2) is 0 Å². The molecule has 0 bridgehead atoms. The van der Waals surface area contributed by atoms with Crippen LogP contribution in [0.25, 0.3) is 0 Å². The van der Waals surface area contributed by atoms with Crippen LogP contribution in [0.5, 0.6) is 0 Å². The highest BCUT2D eigenvalue weighted by atomic mass is 32.2. The minimum Gasteiger partial charge on any atom is -0.282 e. The van der Waals surface area contributed by atoms with E-state index in [-0.39, 0.29) is 4.58 Å². The molecule has 1 aliphatic rings. The Morgan fingerprint density at radius 3 is 2.69 bits per heavy atom. The van der Waals surface area contributed by atoms with E-state index in [4.69, 9.17) is 0 Å². The molecule has 1 unspecified atom stereocenters. The Morgan fingerprint density at radius 2 is 2.06 bits per heavy atom. The fourth-order valence-corrected chi connectivity index (χ4v) is 5.00. The van der Waals surface area contributed by atoms with Gasteiger partial charge in [0.25, 0.3) is 0 Å². The third-order valence-corrected chi connectivity index (χ3v) is 6.04. The van der Waals surface area contributed by atoms with E-state index in [9.17, 15) is 18.0 Å². The Bertz CT molecular complexity index is 270. The first-order chi connectivity index (χ1) is 7.41. The summed E-state index contributed by atoms with van der Waals surface area (Å²) < 4.78 is 36.5. The van der Waals surface area contributed by atoms with Crippen molar-refractivity contribution >= 4 is 40.4 Å². The molecular formula is C9H11F3OS3. The molecular weight excluding hydrogens is 277 g/mol. The smallest absolute Gasteiger partial charge is 0.282 e. The van der Waals surface area contributed by atoms with Crippen LogP contribution in [-0.4, -0.2) is 33.1 Å². The zero-order valence-corrected chi connectivity index (χ0v) is 10.8. The van der Waals surface area contributed by atoms with Crippen molar-refractivity contribution in [2.24, 2.45) is 0 Å². The van der Waals surface area contributed by atoms with Crippen molar-refractivity contribution in [3.8, 4) is 0 Å². The molecule has 16 heavy (non-hydrogen) atoms. The molecule has 1 aliphatic heterocycles. The van der Waals surface area contributed by atoms with Crippen molar-refractivity contribution in [2.75, 3.05) is 17.3 Å². The molecule has 92 valence electrons. The lowest BCUT2D eigenvalue weighted by Gasteiger charge is -2.13. The van der Waals surface area contributed by atoms with Crippen LogP contribution in [-0.2, 0) is 4.79 Å². The standard InChI is InChI=1S/C9H11F3OS3/c1-6(9(10,11)12)8(13)16-7-5-14-3-2-4-15-7/h7H,1-5H2. The highest BCUT2D eigenvalue weighted by Crippen LogP contribution is 2.36. The quantitative estimate of drug-likeness (QED) is 0.722. The molecule has 7 heteroatoms. The van der Waals surface area contributed by atoms with Crippen molar-refractivity contribution < 1.29 is 18.0 Å². The highest BCUT2D eigenvalue weighted by molar-refractivity contribution is 8.25. The van der Waals surface area contributed by atoms with Crippen LogP contribution in [0.15, 0.2) is 12.2 Å². The van der Waals surface area contributed by atoms with Crippen LogP contribution in [0.3, 0.4) is 0 Å². The first-order valence-electron chi connectivity index (χ1n) is 4.57. The first-order valence-corrected chi connectivity index (χ1v) is 7.66. The van der Waals surface area contributed by atoms with Crippen LogP contribution in [0.2, 0.25) is 0 Å². The Balaban J connectivity index is 2.47. The maximum atomic E-state index is 12.2. The molecule has 1 fully saturated rings. The Morgan fingerprint density at radius 1 is 1.38 bits per heavy atom. The largest absolute Gasteiger partial charge is 0.420 e. The summed E-state index contributed by atoms with van der Waals surface area (Å²) in [4.78, 5) is 11.3. The highest BCUT2D eigenvalue weighted by Gasteiger charge is 2.37. The van der Waals surface area contributed by atoms with Gasteiger partial charge in [-0.3, -0.25) is 4.79 Å². The molecule has 1 atom stereocenters. The van der Waals surface area contributed by atoms with Gasteiger partial charge in [-0.15, -0.1) is 11.8 Å². The number of carbonyl (C=O) groups is 1. The molecule has 1 saturated heterocycles. The molecule has 0 aromatic rings. The topological polar surface area (TPSA) is 17.1 Å². The van der Waals surface area contributed by atoms with E-state index in [2.05, 4.69) is 6.58 Å². The van der Waals surface area contributed by atoms with Gasteiger partial charge in [-0.05, 0) is 17.9 Å². The summed E-state index contributed by atoms with van der Waals surface area (Å²) in [7, 11) is 0. The Hall–Kier alpha value is 0.250. The maximum absolute atomic E-state index is 12.2. The summed E-state index contributed by atoms with van der Waals surface area (Å²) >= 11 is 3.99. The van der Waals surface area contributed by atoms with E-state index in [1.807, 2.05) is 0 Å². The van der Waals surface area contributed by atoms with E-state index in [1.54, 1.807) is 23.5 Å². The normalized spacial score (nSPS) is 22.6. The number of hydrogen-bond acceptors (Lipinski definition) is 4. The molecule has 1 rings (SSSR count). The molecule has 0 aliphatic carbocycles. The third kappa shape index (κ3) is 4.63. The molecule has 0 N–H and O–H groups in total. The lowest BCUT2D eigenvalue weighted by atomic mass is 10.3. The van der Waals surface area contributed by atoms with Gasteiger partial charge in [-0.2, -0.15) is 24.9 Å². The van der Waals surface area contributed by atoms with Gasteiger partial charge in [0, 0.05) is 5.75 Å². The van der Waals surface area contributed by atoms with Crippen molar-refractivity contribution in [3.63, 3.8) is 0 Å². The van der Waals surface area contributed by atoms with Gasteiger partial charge in [0.2, 0.25) is 5.12 Å². The average Bonchev–Trinajstić information content (AvgIpc) is 2.43. The summed E-state index contributed by atoms with van der Waals surface area (Å²) in [6, 6.07) is 0. The van der Waals surface area contributed by atoms with E-state index in [1.165, 1.54) is 0 Å². The fraction of sp³-hybridized carbons (Fsp3) is 0.667. The molecule has 1 nitrogen and oxygen atoms in total. The minimum absolute atomic E-state index is 0.0842. The number of hydrogen-bond donors (Lipinski definition) is 0. The van der Waals surface area contributed by atoms with E-state index < -0.39 is 16.9 Å². The second-order valence-electron chi connectivity index (χ2n) is 3.11. The fourth-order valence-electron chi connectivity index (χ4n) is 0.978. The summed E-state index contributed by atoms with van der Waals surface area (Å²) in [6.07, 6.45) is -3.56. The summed E-state index contributed by atoms with van der Waals surface area (Å²) in [6.45, 7) is 2.80. The molecule has 1 heterocycles. The van der Waals surface area contributed by atoms with E-state index in [0.29, 0.717) is 5.75 Å². The van der Waals surface area contributed by atoms with Gasteiger partial charge in [0.05, 0.1) is 4.58 Å². The molecule has 0 saturated carbocycles. The zero-order valence-electron chi connectivity index (χ0n) is 8.38. The molecule has 0 amide bonds. The molecule has 0 aromatic carbocycles. The SMILES string of the molecule is C=C(C(=O)SC1CSCCCS1)C(F)(F)F. The monoisotopic (exact) mass is 288 g/mol. The van der Waals surface area contributed by atoms with Crippen molar-refractivity contribution in [3.05, 3.63) is 12.2 Å². The second kappa shape index (κ2) is 6.26. The first kappa shape index (κ1) is 14.3. The predicted molar refractivity (Wildman–Crippen MR) is 66.0 cm³/mol. The maximum Gasteiger partial charge on any atom is 0.420 e. The average molecular weight is 288 g/mol. The number of rotatable bonds is 2. The Labute approximate surface area is 105 Å². The lowest BCUT2D eigenvalue weighted by Crippen LogP contribution is -2.18. The van der Waals surface area contributed by atoms with E-state index in [0.717, 1.165) is 29.7 Å². The van der Waals surface area contributed by atoms with Gasteiger partial charge in [-0.1, -0.05) is 18.3 Å². The van der Waals surface area contributed by atoms with E-state index >= 15 is 0 Å². The number of alkyl halides is 3. The zero-order chi connectivity index (χ0) is 12.2.